The summed E-state index contributed by atoms with van der Waals surface area (Å²) in [4.78, 5) is 0. The van der Waals surface area contributed by atoms with Gasteiger partial charge in [-0.15, -0.1) is 0 Å². The zero-order valence-electron chi connectivity index (χ0n) is 6.42. The molecule has 1 radical (unpaired) electrons. The first-order valence-electron chi connectivity index (χ1n) is 0. The maximum Gasteiger partial charge on any atom is 2.00 e. The van der Waals surface area contributed by atoms with Crippen molar-refractivity contribution in [3.05, 3.63) is 0 Å². The van der Waals surface area contributed by atoms with Crippen LogP contribution in [0.2, 0.25) is 0 Å². The van der Waals surface area contributed by atoms with Gasteiger partial charge in [-0.2, -0.15) is 0 Å². The topological polar surface area (TPSA) is 0 Å². The molecule has 0 heterocycles. The molecule has 5 heteroatoms. The molecule has 0 aromatic heterocycles. The summed E-state index contributed by atoms with van der Waals surface area (Å²) in [5.74, 6) is 0. The van der Waals surface area contributed by atoms with Crippen LogP contribution in [0.1, 0.15) is 5.71 Å². The van der Waals surface area contributed by atoms with E-state index in [2.05, 4.69) is 0 Å². The average Bonchev–Trinajstić information content (AvgIpc) is 0. The minimum atomic E-state index is 0. The van der Waals surface area contributed by atoms with E-state index in [0.717, 1.165) is 0 Å². The first-order valence-corrected chi connectivity index (χ1v) is 0. The number of hydrogen-bond acceptors (Lipinski definition) is 0. The molecule has 0 fully saturated rings. The fourth-order valence-corrected chi connectivity index (χ4v) is 0. The van der Waals surface area contributed by atoms with Crippen molar-refractivity contribution < 1.29 is 22.8 Å². The maximum absolute atomic E-state index is 0. The van der Waals surface area contributed by atoms with Crippen molar-refractivity contribution in [2.45, 2.75) is 0 Å². The second kappa shape index (κ2) is 23.0. The SMILES string of the molecule is [BiH3].[Ca+2].[Cu].[H-].[H-].[H-].[H-].[PbH4].[Sr+2]. The predicted octanol–water partition coefficient (Wildman–Crippen LogP) is -2.95. The summed E-state index contributed by atoms with van der Waals surface area (Å²) in [5.41, 5.74) is 0. The molecule has 0 saturated heterocycles. The van der Waals surface area contributed by atoms with E-state index in [4.69, 9.17) is 0 Å². The fourth-order valence-electron chi connectivity index (χ4n) is 0. The molecule has 0 amide bonds. The first kappa shape index (κ1) is 32.2. The average molecular weight is 619 g/mol. The minimum Gasteiger partial charge on any atom is 2.00 e. The minimum absolute atomic E-state index is 0. The Kier molecular flexibility index (Phi) is 148. The summed E-state index contributed by atoms with van der Waals surface area (Å²) in [6, 6.07) is 0. The standard InChI is InChI=1S/Bi.Ca.Cu.Pb.Sr.11H/q;+2;;;+2;;;;;;;;4*-1. The van der Waals surface area contributed by atoms with Crippen LogP contribution in [0, 0.1) is 0 Å². The molecule has 0 aliphatic heterocycles. The van der Waals surface area contributed by atoms with E-state index < -0.39 is 0 Å². The Morgan fingerprint density at radius 1 is 1.20 bits per heavy atom. The summed E-state index contributed by atoms with van der Waals surface area (Å²) >= 11 is 0. The summed E-state index contributed by atoms with van der Waals surface area (Å²) in [5, 5.41) is 0. The number of hydrogen-bond donors (Lipinski definition) is 0. The molecule has 0 rings (SSSR count). The van der Waals surface area contributed by atoms with Gasteiger partial charge in [-0.3, -0.25) is 0 Å². The van der Waals surface area contributed by atoms with Gasteiger partial charge in [0.25, 0.3) is 0 Å². The van der Waals surface area contributed by atoms with Gasteiger partial charge < -0.3 is 5.71 Å². The third-order valence-electron chi connectivity index (χ3n) is 0. The Hall–Kier alpha value is 5.06. The smallest absolute Gasteiger partial charge is 2.00 e. The zero-order chi connectivity index (χ0) is 0. The molecule has 0 aromatic rings. The van der Waals surface area contributed by atoms with Gasteiger partial charge in [0.1, 0.15) is 0 Å². The van der Waals surface area contributed by atoms with Crippen LogP contribution in [-0.2, 0) is 17.1 Å². The molecule has 0 aliphatic rings. The third-order valence-corrected chi connectivity index (χ3v) is 0. The van der Waals surface area contributed by atoms with Gasteiger partial charge in [0, 0.05) is 17.1 Å². The van der Waals surface area contributed by atoms with Gasteiger partial charge in [0.15, 0.2) is 0 Å². The van der Waals surface area contributed by atoms with Crippen LogP contribution < -0.4 is 0 Å². The van der Waals surface area contributed by atoms with Crippen LogP contribution >= 0.6 is 0 Å². The molecule has 5 heavy (non-hydrogen) atoms. The van der Waals surface area contributed by atoms with Crippen LogP contribution in [0.3, 0.4) is 0 Å². The molecule has 0 bridgehead atoms. The van der Waals surface area contributed by atoms with Gasteiger partial charge in [0.2, 0.25) is 0 Å². The fraction of sp³-hybridized carbons (Fsp3) is 0. The first-order chi connectivity index (χ1) is 0. The molecule has 0 nitrogen and oxygen atoms in total. The van der Waals surface area contributed by atoms with Crippen molar-refractivity contribution in [2.24, 2.45) is 0 Å². The van der Waals surface area contributed by atoms with Crippen LogP contribution in [-0.4, -0.2) is 137 Å². The van der Waals surface area contributed by atoms with E-state index in [1.807, 2.05) is 0 Å². The second-order valence-corrected chi connectivity index (χ2v) is 0. The zero-order valence-corrected chi connectivity index (χ0v) is 14.5. The molecule has 0 saturated carbocycles. The van der Waals surface area contributed by atoms with Crippen molar-refractivity contribution >= 4 is 137 Å². The van der Waals surface area contributed by atoms with Crippen LogP contribution in [0.15, 0.2) is 0 Å². The Bertz CT molecular complexity index is 20.5. The van der Waals surface area contributed by atoms with Gasteiger partial charge >= 0.3 is 137 Å². The Morgan fingerprint density at radius 2 is 1.20 bits per heavy atom. The molecule has 0 atom stereocenters. The van der Waals surface area contributed by atoms with E-state index in [1.54, 1.807) is 0 Å². The monoisotopic (exact) mass is 619 g/mol. The molecule has 0 N–H and O–H groups in total. The molecule has 0 aromatic carbocycles. The molecule has 0 unspecified atom stereocenters. The van der Waals surface area contributed by atoms with E-state index in [9.17, 15) is 0 Å². The normalized spacial score (nSPS) is 0. The summed E-state index contributed by atoms with van der Waals surface area (Å²) < 4.78 is 0. The van der Waals surface area contributed by atoms with Gasteiger partial charge in [0.05, 0.1) is 0 Å². The molecule has 35 valence electrons. The maximum atomic E-state index is 0. The van der Waals surface area contributed by atoms with Crippen LogP contribution in [0.4, 0.5) is 0 Å². The van der Waals surface area contributed by atoms with E-state index >= 15 is 0 Å². The Labute approximate surface area is 155 Å². The van der Waals surface area contributed by atoms with Gasteiger partial charge in [-0.25, -0.2) is 0 Å². The van der Waals surface area contributed by atoms with Crippen molar-refractivity contribution in [3.63, 3.8) is 0 Å². The van der Waals surface area contributed by atoms with Gasteiger partial charge in [-0.1, -0.05) is 0 Å². The summed E-state index contributed by atoms with van der Waals surface area (Å²) in [6.45, 7) is 0. The van der Waals surface area contributed by atoms with Crippen molar-refractivity contribution in [1.29, 1.82) is 0 Å². The Balaban J connectivity index is 0. The quantitative estimate of drug-likeness (QED) is 0.255. The van der Waals surface area contributed by atoms with Crippen molar-refractivity contribution in [1.82, 2.24) is 0 Å². The van der Waals surface area contributed by atoms with E-state index in [0.29, 0.717) is 0 Å². The number of rotatable bonds is 0. The van der Waals surface area contributed by atoms with Crippen molar-refractivity contribution in [3.8, 4) is 0 Å². The molecule has 0 spiro atoms. The summed E-state index contributed by atoms with van der Waals surface area (Å²) in [6.07, 6.45) is 0. The van der Waals surface area contributed by atoms with E-state index in [1.165, 1.54) is 0 Å². The molecular weight excluding hydrogens is 607 g/mol. The third kappa shape index (κ3) is 17.6. The van der Waals surface area contributed by atoms with Gasteiger partial charge in [-0.05, 0) is 0 Å². The largest absolute Gasteiger partial charge is 2.00 e. The van der Waals surface area contributed by atoms with Crippen LogP contribution in [0.25, 0.3) is 0 Å². The molecule has 0 aliphatic carbocycles. The summed E-state index contributed by atoms with van der Waals surface area (Å²) in [7, 11) is 0. The predicted molar refractivity (Wildman–Crippen MR) is 37.2 cm³/mol. The van der Waals surface area contributed by atoms with Crippen LogP contribution in [0.5, 0.6) is 0 Å². The van der Waals surface area contributed by atoms with Crippen molar-refractivity contribution in [2.75, 3.05) is 0 Å². The van der Waals surface area contributed by atoms with E-state index in [-0.39, 0.29) is 159 Å². The Morgan fingerprint density at radius 3 is 1.20 bits per heavy atom. The second-order valence-electron chi connectivity index (χ2n) is 0. The molecular formula is H11BiCaCuPbSr.